The topological polar surface area (TPSA) is 88.6 Å². The third kappa shape index (κ3) is 5.79. The molecule has 0 aliphatic carbocycles. The summed E-state index contributed by atoms with van der Waals surface area (Å²) in [6.45, 7) is 3.19. The van der Waals surface area contributed by atoms with Crippen LogP contribution in [0.1, 0.15) is 22.8 Å². The Morgan fingerprint density at radius 2 is 1.89 bits per heavy atom. The van der Waals surface area contributed by atoms with Crippen molar-refractivity contribution in [2.75, 3.05) is 18.9 Å². The largest absolute Gasteiger partial charge is 0.449 e. The number of ether oxygens (including phenoxy) is 1. The standard InChI is InChI=1S/C19H20ClN3O4/c1-12-6-8-14(9-7-12)22-16(24)11-23(3)18(25)13(2)27-19(26)15-5-4-10-21-17(15)20/h4-10,13H,11H2,1-3H3,(H,22,24)/t13-/m1/s1. The van der Waals surface area contributed by atoms with E-state index in [1.807, 2.05) is 19.1 Å². The van der Waals surface area contributed by atoms with Crippen molar-refractivity contribution in [1.82, 2.24) is 9.88 Å². The van der Waals surface area contributed by atoms with E-state index in [9.17, 15) is 14.4 Å². The van der Waals surface area contributed by atoms with Gasteiger partial charge >= 0.3 is 5.97 Å². The lowest BCUT2D eigenvalue weighted by Crippen LogP contribution is -2.41. The molecule has 0 saturated heterocycles. The number of carbonyl (C=O) groups is 3. The summed E-state index contributed by atoms with van der Waals surface area (Å²) in [5.41, 5.74) is 1.78. The zero-order valence-corrected chi connectivity index (χ0v) is 16.0. The SMILES string of the molecule is Cc1ccc(NC(=O)CN(C)C(=O)[C@@H](C)OC(=O)c2cccnc2Cl)cc1. The number of benzene rings is 1. The molecule has 2 aromatic rings. The predicted molar refractivity (Wildman–Crippen MR) is 102 cm³/mol. The lowest BCUT2D eigenvalue weighted by atomic mass is 10.2. The number of hydrogen-bond acceptors (Lipinski definition) is 5. The fourth-order valence-electron chi connectivity index (χ4n) is 2.25. The molecule has 7 nitrogen and oxygen atoms in total. The van der Waals surface area contributed by atoms with Crippen LogP contribution >= 0.6 is 11.6 Å². The van der Waals surface area contributed by atoms with Gasteiger partial charge in [0.15, 0.2) is 6.10 Å². The van der Waals surface area contributed by atoms with Gasteiger partial charge in [0, 0.05) is 18.9 Å². The number of likely N-dealkylation sites (N-methyl/N-ethyl adjacent to an activating group) is 1. The van der Waals surface area contributed by atoms with Gasteiger partial charge in [-0.15, -0.1) is 0 Å². The average Bonchev–Trinajstić information content (AvgIpc) is 2.63. The van der Waals surface area contributed by atoms with E-state index in [-0.39, 0.29) is 23.2 Å². The highest BCUT2D eigenvalue weighted by Crippen LogP contribution is 2.14. The third-order valence-corrected chi connectivity index (χ3v) is 4.00. The minimum Gasteiger partial charge on any atom is -0.449 e. The number of pyridine rings is 1. The van der Waals surface area contributed by atoms with Gasteiger partial charge in [-0.25, -0.2) is 9.78 Å². The Bertz CT molecular complexity index is 839. The lowest BCUT2D eigenvalue weighted by molar-refractivity contribution is -0.140. The molecule has 1 aromatic heterocycles. The minimum atomic E-state index is -1.08. The molecule has 27 heavy (non-hydrogen) atoms. The summed E-state index contributed by atoms with van der Waals surface area (Å²) in [4.78, 5) is 41.5. The van der Waals surface area contributed by atoms with Crippen LogP contribution in [0, 0.1) is 6.92 Å². The van der Waals surface area contributed by atoms with Crippen LogP contribution in [0.15, 0.2) is 42.6 Å². The Kier molecular flexibility index (Phi) is 6.90. The maximum absolute atomic E-state index is 12.3. The van der Waals surface area contributed by atoms with Gasteiger partial charge in [-0.1, -0.05) is 29.3 Å². The summed E-state index contributed by atoms with van der Waals surface area (Å²) in [5, 5.41) is 2.70. The number of nitrogens with zero attached hydrogens (tertiary/aromatic N) is 2. The second-order valence-corrected chi connectivity index (χ2v) is 6.36. The molecule has 1 atom stereocenters. The molecular formula is C19H20ClN3O4. The Morgan fingerprint density at radius 3 is 2.52 bits per heavy atom. The number of esters is 1. The van der Waals surface area contributed by atoms with E-state index in [2.05, 4.69) is 10.3 Å². The molecule has 0 aliphatic rings. The molecule has 0 saturated carbocycles. The summed E-state index contributed by atoms with van der Waals surface area (Å²) < 4.78 is 5.13. The summed E-state index contributed by atoms with van der Waals surface area (Å²) in [5.74, 6) is -1.63. The minimum absolute atomic E-state index is 0.00650. The van der Waals surface area contributed by atoms with E-state index < -0.39 is 18.0 Å². The van der Waals surface area contributed by atoms with Crippen LogP contribution in [0.25, 0.3) is 0 Å². The lowest BCUT2D eigenvalue weighted by Gasteiger charge is -2.21. The highest BCUT2D eigenvalue weighted by atomic mass is 35.5. The van der Waals surface area contributed by atoms with Crippen LogP contribution < -0.4 is 5.32 Å². The van der Waals surface area contributed by atoms with Crippen LogP contribution in [0.3, 0.4) is 0 Å². The van der Waals surface area contributed by atoms with E-state index in [0.717, 1.165) is 5.56 Å². The van der Waals surface area contributed by atoms with E-state index in [4.69, 9.17) is 16.3 Å². The molecule has 8 heteroatoms. The van der Waals surface area contributed by atoms with Gasteiger partial charge in [-0.3, -0.25) is 9.59 Å². The fraction of sp³-hybridized carbons (Fsp3) is 0.263. The number of amides is 2. The first-order valence-corrected chi connectivity index (χ1v) is 8.58. The maximum Gasteiger partial charge on any atom is 0.342 e. The second-order valence-electron chi connectivity index (χ2n) is 6.00. The number of aryl methyl sites for hydroxylation is 1. The molecule has 2 amide bonds. The summed E-state index contributed by atoms with van der Waals surface area (Å²) in [7, 11) is 1.46. The molecule has 2 rings (SSSR count). The van der Waals surface area contributed by atoms with Gasteiger partial charge in [0.05, 0.1) is 12.1 Å². The van der Waals surface area contributed by atoms with E-state index in [1.165, 1.54) is 37.2 Å². The normalized spacial score (nSPS) is 11.4. The van der Waals surface area contributed by atoms with Gasteiger partial charge in [0.25, 0.3) is 5.91 Å². The van der Waals surface area contributed by atoms with Gasteiger partial charge in [-0.05, 0) is 38.1 Å². The quantitative estimate of drug-likeness (QED) is 0.606. The van der Waals surface area contributed by atoms with Crippen molar-refractivity contribution < 1.29 is 19.1 Å². The molecule has 0 spiro atoms. The van der Waals surface area contributed by atoms with Crippen molar-refractivity contribution in [2.45, 2.75) is 20.0 Å². The first-order valence-electron chi connectivity index (χ1n) is 8.21. The maximum atomic E-state index is 12.3. The molecule has 0 bridgehead atoms. The van der Waals surface area contributed by atoms with Gasteiger partial charge in [0.1, 0.15) is 5.15 Å². The van der Waals surface area contributed by atoms with Crippen molar-refractivity contribution in [2.24, 2.45) is 0 Å². The van der Waals surface area contributed by atoms with Gasteiger partial charge in [0.2, 0.25) is 5.91 Å². The summed E-state index contributed by atoms with van der Waals surface area (Å²) in [6.07, 6.45) is 0.361. The van der Waals surface area contributed by atoms with Crippen molar-refractivity contribution in [3.8, 4) is 0 Å². The Balaban J connectivity index is 1.89. The Labute approximate surface area is 162 Å². The van der Waals surface area contributed by atoms with Crippen molar-refractivity contribution >= 4 is 35.1 Å². The first-order chi connectivity index (χ1) is 12.8. The average molecular weight is 390 g/mol. The summed E-state index contributed by atoms with van der Waals surface area (Å²) in [6, 6.07) is 10.3. The van der Waals surface area contributed by atoms with E-state index in [0.29, 0.717) is 5.69 Å². The van der Waals surface area contributed by atoms with Crippen LogP contribution in [0.4, 0.5) is 5.69 Å². The van der Waals surface area contributed by atoms with Crippen LogP contribution in [0.5, 0.6) is 0 Å². The molecule has 0 radical (unpaired) electrons. The van der Waals surface area contributed by atoms with Crippen LogP contribution in [-0.4, -0.2) is 47.4 Å². The van der Waals surface area contributed by atoms with Crippen LogP contribution in [0.2, 0.25) is 5.15 Å². The van der Waals surface area contributed by atoms with E-state index >= 15 is 0 Å². The smallest absolute Gasteiger partial charge is 0.342 e. The van der Waals surface area contributed by atoms with Crippen molar-refractivity contribution in [3.05, 3.63) is 58.9 Å². The first kappa shape index (κ1) is 20.4. The second kappa shape index (κ2) is 9.14. The van der Waals surface area contributed by atoms with E-state index in [1.54, 1.807) is 12.1 Å². The fourth-order valence-corrected chi connectivity index (χ4v) is 2.45. The molecule has 1 aromatic carbocycles. The Hall–Kier alpha value is -2.93. The molecule has 142 valence electrons. The van der Waals surface area contributed by atoms with Crippen LogP contribution in [-0.2, 0) is 14.3 Å². The zero-order valence-electron chi connectivity index (χ0n) is 15.2. The van der Waals surface area contributed by atoms with Gasteiger partial charge < -0.3 is 15.0 Å². The predicted octanol–water partition coefficient (Wildman–Crippen LogP) is 2.69. The highest BCUT2D eigenvalue weighted by molar-refractivity contribution is 6.32. The zero-order chi connectivity index (χ0) is 20.0. The van der Waals surface area contributed by atoms with Crippen molar-refractivity contribution in [3.63, 3.8) is 0 Å². The molecule has 0 unspecified atom stereocenters. The number of carbonyl (C=O) groups excluding carboxylic acids is 3. The number of halogens is 1. The van der Waals surface area contributed by atoms with Crippen molar-refractivity contribution in [1.29, 1.82) is 0 Å². The van der Waals surface area contributed by atoms with Gasteiger partial charge in [-0.2, -0.15) is 0 Å². The molecule has 1 heterocycles. The monoisotopic (exact) mass is 389 g/mol. The molecule has 0 aliphatic heterocycles. The molecule has 0 fully saturated rings. The molecular weight excluding hydrogens is 370 g/mol. The molecule has 1 N–H and O–H groups in total. The summed E-state index contributed by atoms with van der Waals surface area (Å²) >= 11 is 5.84. The highest BCUT2D eigenvalue weighted by Gasteiger charge is 2.24. The number of nitrogens with one attached hydrogen (secondary N) is 1. The number of rotatable bonds is 6. The number of aromatic nitrogens is 1. The Morgan fingerprint density at radius 1 is 1.22 bits per heavy atom. The third-order valence-electron chi connectivity index (χ3n) is 3.70. The number of hydrogen-bond donors (Lipinski definition) is 1. The number of anilines is 1.